The van der Waals surface area contributed by atoms with Crippen LogP contribution in [0.1, 0.15) is 31.4 Å². The van der Waals surface area contributed by atoms with E-state index in [2.05, 4.69) is 33.1 Å². The van der Waals surface area contributed by atoms with E-state index < -0.39 is 0 Å². The van der Waals surface area contributed by atoms with Gasteiger partial charge >= 0.3 is 0 Å². The van der Waals surface area contributed by atoms with Gasteiger partial charge in [-0.3, -0.25) is 4.99 Å². The van der Waals surface area contributed by atoms with Crippen molar-refractivity contribution in [2.45, 2.75) is 38.3 Å². The Morgan fingerprint density at radius 3 is 2.70 bits per heavy atom. The molecule has 2 N–H and O–H groups in total. The lowest BCUT2D eigenvalue weighted by molar-refractivity contribution is 0.613. The second kappa shape index (κ2) is 9.22. The van der Waals surface area contributed by atoms with E-state index in [9.17, 15) is 0 Å². The van der Waals surface area contributed by atoms with Gasteiger partial charge in [0, 0.05) is 24.0 Å². The van der Waals surface area contributed by atoms with Crippen LogP contribution in [-0.4, -0.2) is 24.0 Å². The van der Waals surface area contributed by atoms with Crippen LogP contribution in [0.5, 0.6) is 0 Å². The van der Waals surface area contributed by atoms with E-state index in [0.717, 1.165) is 16.7 Å². The number of rotatable bonds is 4. The Hall–Kier alpha value is -1.15. The highest BCUT2D eigenvalue weighted by Crippen LogP contribution is 2.23. The largest absolute Gasteiger partial charge is 0.354 e. The molecule has 124 valence electrons. The smallest absolute Gasteiger partial charge is 0.191 e. The van der Waals surface area contributed by atoms with Gasteiger partial charge in [-0.15, -0.1) is 35.3 Å². The molecular formula is C17H23IN4S. The van der Waals surface area contributed by atoms with Crippen molar-refractivity contribution in [2.24, 2.45) is 4.99 Å². The van der Waals surface area contributed by atoms with E-state index in [1.807, 2.05) is 25.2 Å². The van der Waals surface area contributed by atoms with Crippen LogP contribution in [0.4, 0.5) is 0 Å². The van der Waals surface area contributed by atoms with Crippen LogP contribution in [0.25, 0.3) is 10.6 Å². The summed E-state index contributed by atoms with van der Waals surface area (Å²) in [6.45, 7) is 0.704. The molecule has 0 spiro atoms. The van der Waals surface area contributed by atoms with Gasteiger partial charge in [0.2, 0.25) is 0 Å². The fourth-order valence-corrected chi connectivity index (χ4v) is 3.56. The minimum absolute atomic E-state index is 0. The van der Waals surface area contributed by atoms with Crippen LogP contribution < -0.4 is 10.6 Å². The molecule has 1 fully saturated rings. The van der Waals surface area contributed by atoms with Gasteiger partial charge in [-0.2, -0.15) is 0 Å². The SMILES string of the molecule is CN=C(NCc1csc(-c2ccccc2)n1)NC1CCCC1.I. The monoisotopic (exact) mass is 442 g/mol. The van der Waals surface area contributed by atoms with E-state index in [1.165, 1.54) is 31.2 Å². The number of hydrogen-bond donors (Lipinski definition) is 2. The maximum atomic E-state index is 4.69. The lowest BCUT2D eigenvalue weighted by Gasteiger charge is -2.16. The number of thiazole rings is 1. The molecule has 0 atom stereocenters. The second-order valence-electron chi connectivity index (χ2n) is 5.56. The highest BCUT2D eigenvalue weighted by molar-refractivity contribution is 14.0. The van der Waals surface area contributed by atoms with E-state index in [1.54, 1.807) is 11.3 Å². The molecule has 6 heteroatoms. The summed E-state index contributed by atoms with van der Waals surface area (Å²) >= 11 is 1.68. The normalized spacial score (nSPS) is 15.3. The minimum Gasteiger partial charge on any atom is -0.354 e. The second-order valence-corrected chi connectivity index (χ2v) is 6.42. The summed E-state index contributed by atoms with van der Waals surface area (Å²) in [4.78, 5) is 8.99. The zero-order valence-corrected chi connectivity index (χ0v) is 16.4. The summed E-state index contributed by atoms with van der Waals surface area (Å²) in [5.41, 5.74) is 2.23. The Morgan fingerprint density at radius 2 is 2.00 bits per heavy atom. The first-order valence-electron chi connectivity index (χ1n) is 7.82. The molecular weight excluding hydrogens is 419 g/mol. The van der Waals surface area contributed by atoms with Crippen molar-refractivity contribution in [3.8, 4) is 10.6 Å². The zero-order chi connectivity index (χ0) is 15.2. The molecule has 0 amide bonds. The molecule has 1 aliphatic carbocycles. The van der Waals surface area contributed by atoms with Gasteiger partial charge in [-0.05, 0) is 12.8 Å². The van der Waals surface area contributed by atoms with Crippen molar-refractivity contribution < 1.29 is 0 Å². The molecule has 1 heterocycles. The number of guanidine groups is 1. The first kappa shape index (κ1) is 18.2. The molecule has 0 bridgehead atoms. The molecule has 1 saturated carbocycles. The first-order valence-corrected chi connectivity index (χ1v) is 8.70. The minimum atomic E-state index is 0. The highest BCUT2D eigenvalue weighted by atomic mass is 127. The number of nitrogens with one attached hydrogen (secondary N) is 2. The van der Waals surface area contributed by atoms with Crippen LogP contribution >= 0.6 is 35.3 Å². The number of aromatic nitrogens is 1. The average Bonchev–Trinajstić information content (AvgIpc) is 3.24. The van der Waals surface area contributed by atoms with Gasteiger partial charge < -0.3 is 10.6 Å². The number of aliphatic imine (C=N–C) groups is 1. The first-order chi connectivity index (χ1) is 10.8. The molecule has 0 radical (unpaired) electrons. The van der Waals surface area contributed by atoms with Crippen LogP contribution in [0, 0.1) is 0 Å². The topological polar surface area (TPSA) is 49.3 Å². The van der Waals surface area contributed by atoms with Gasteiger partial charge in [0.25, 0.3) is 0 Å². The third-order valence-corrected chi connectivity index (χ3v) is 4.87. The summed E-state index contributed by atoms with van der Waals surface area (Å²) < 4.78 is 0. The fourth-order valence-electron chi connectivity index (χ4n) is 2.73. The van der Waals surface area contributed by atoms with Crippen molar-refractivity contribution in [1.29, 1.82) is 0 Å². The number of hydrogen-bond acceptors (Lipinski definition) is 3. The van der Waals surface area contributed by atoms with E-state index >= 15 is 0 Å². The quantitative estimate of drug-likeness (QED) is 0.427. The van der Waals surface area contributed by atoms with E-state index in [0.29, 0.717) is 12.6 Å². The van der Waals surface area contributed by atoms with Crippen LogP contribution in [0.3, 0.4) is 0 Å². The number of benzene rings is 1. The summed E-state index contributed by atoms with van der Waals surface area (Å²) in [5, 5.41) is 10.0. The summed E-state index contributed by atoms with van der Waals surface area (Å²) in [5.74, 6) is 0.876. The Labute approximate surface area is 158 Å². The molecule has 4 nitrogen and oxygen atoms in total. The van der Waals surface area contributed by atoms with Gasteiger partial charge in [0.1, 0.15) is 5.01 Å². The Kier molecular flexibility index (Phi) is 7.29. The maximum Gasteiger partial charge on any atom is 0.191 e. The number of halogens is 1. The molecule has 1 aromatic heterocycles. The van der Waals surface area contributed by atoms with Crippen molar-refractivity contribution >= 4 is 41.3 Å². The summed E-state index contributed by atoms with van der Waals surface area (Å²) in [7, 11) is 1.82. The van der Waals surface area contributed by atoms with Crippen LogP contribution in [0.2, 0.25) is 0 Å². The lowest BCUT2D eigenvalue weighted by atomic mass is 10.2. The zero-order valence-electron chi connectivity index (χ0n) is 13.3. The van der Waals surface area contributed by atoms with Crippen molar-refractivity contribution in [2.75, 3.05) is 7.05 Å². The summed E-state index contributed by atoms with van der Waals surface area (Å²) in [6, 6.07) is 10.9. The fraction of sp³-hybridized carbons (Fsp3) is 0.412. The van der Waals surface area contributed by atoms with Gasteiger partial charge in [0.05, 0.1) is 12.2 Å². The average molecular weight is 442 g/mol. The third kappa shape index (κ3) is 5.17. The number of nitrogens with zero attached hydrogens (tertiary/aromatic N) is 2. The molecule has 23 heavy (non-hydrogen) atoms. The molecule has 1 aromatic carbocycles. The van der Waals surface area contributed by atoms with Gasteiger partial charge in [0.15, 0.2) is 5.96 Å². The molecule has 0 unspecified atom stereocenters. The molecule has 0 saturated heterocycles. The summed E-state index contributed by atoms with van der Waals surface area (Å²) in [6.07, 6.45) is 5.13. The Morgan fingerprint density at radius 1 is 1.26 bits per heavy atom. The third-order valence-electron chi connectivity index (χ3n) is 3.93. The standard InChI is InChI=1S/C17H22N4S.HI/c1-18-17(21-14-9-5-6-10-14)19-11-15-12-22-16(20-15)13-7-3-2-4-8-13;/h2-4,7-8,12,14H,5-6,9-11H2,1H3,(H2,18,19,21);1H. The molecule has 2 aromatic rings. The predicted octanol–water partition coefficient (Wildman–Crippen LogP) is 4.04. The van der Waals surface area contributed by atoms with Gasteiger partial charge in [-0.1, -0.05) is 43.2 Å². The van der Waals surface area contributed by atoms with Gasteiger partial charge in [-0.25, -0.2) is 4.98 Å². The predicted molar refractivity (Wildman–Crippen MR) is 109 cm³/mol. The molecule has 3 rings (SSSR count). The van der Waals surface area contributed by atoms with Crippen molar-refractivity contribution in [3.63, 3.8) is 0 Å². The van der Waals surface area contributed by atoms with Crippen molar-refractivity contribution in [3.05, 3.63) is 41.4 Å². The van der Waals surface area contributed by atoms with Crippen LogP contribution in [0.15, 0.2) is 40.7 Å². The Balaban J connectivity index is 0.00000192. The highest BCUT2D eigenvalue weighted by Gasteiger charge is 2.15. The molecule has 0 aliphatic heterocycles. The molecule has 1 aliphatic rings. The van der Waals surface area contributed by atoms with Crippen molar-refractivity contribution in [1.82, 2.24) is 15.6 Å². The maximum absolute atomic E-state index is 4.69. The lowest BCUT2D eigenvalue weighted by Crippen LogP contribution is -2.41. The van der Waals surface area contributed by atoms with Crippen LogP contribution in [-0.2, 0) is 6.54 Å². The van der Waals surface area contributed by atoms with E-state index in [-0.39, 0.29) is 24.0 Å². The Bertz CT molecular complexity index is 621. The van der Waals surface area contributed by atoms with E-state index in [4.69, 9.17) is 4.98 Å².